The van der Waals surface area contributed by atoms with Crippen LogP contribution in [0, 0.1) is 0 Å². The lowest BCUT2D eigenvalue weighted by atomic mass is 10.3. The first-order valence-electron chi connectivity index (χ1n) is 7.65. The highest BCUT2D eigenvalue weighted by Crippen LogP contribution is 2.22. The van der Waals surface area contributed by atoms with Crippen molar-refractivity contribution in [3.05, 3.63) is 36.0 Å². The number of nitrogens with one attached hydrogen (secondary N) is 2. The molecule has 4 rings (SSSR count). The number of nitrogens with zero attached hydrogens (tertiary/aromatic N) is 4. The Morgan fingerprint density at radius 3 is 2.96 bits per heavy atom. The fourth-order valence-corrected chi connectivity index (χ4v) is 3.13. The Bertz CT molecular complexity index is 903. The van der Waals surface area contributed by atoms with Crippen molar-refractivity contribution in [1.82, 2.24) is 30.4 Å². The van der Waals surface area contributed by atoms with Gasteiger partial charge in [-0.15, -0.1) is 10.2 Å². The van der Waals surface area contributed by atoms with Crippen molar-refractivity contribution in [3.8, 4) is 0 Å². The molecule has 3 aromatic rings. The van der Waals surface area contributed by atoms with Crippen molar-refractivity contribution in [1.29, 1.82) is 0 Å². The predicted octanol–water partition coefficient (Wildman–Crippen LogP) is 1.68. The molecular formula is C15H14N6O3S. The summed E-state index contributed by atoms with van der Waals surface area (Å²) in [4.78, 5) is 32.0. The van der Waals surface area contributed by atoms with Crippen LogP contribution in [0.2, 0.25) is 0 Å². The molecule has 1 aliphatic rings. The van der Waals surface area contributed by atoms with E-state index in [1.54, 1.807) is 0 Å². The summed E-state index contributed by atoms with van der Waals surface area (Å²) in [5, 5.41) is 10.6. The summed E-state index contributed by atoms with van der Waals surface area (Å²) in [5.41, 5.74) is 1.89. The fourth-order valence-electron chi connectivity index (χ4n) is 2.48. The monoisotopic (exact) mass is 358 g/mol. The number of aromatic nitrogens is 4. The summed E-state index contributed by atoms with van der Waals surface area (Å²) in [7, 11) is 0. The van der Waals surface area contributed by atoms with Crippen LogP contribution in [-0.4, -0.2) is 43.5 Å². The summed E-state index contributed by atoms with van der Waals surface area (Å²) in [5.74, 6) is 1.44. The summed E-state index contributed by atoms with van der Waals surface area (Å²) in [6, 6.07) is 7.36. The molecule has 2 aromatic heterocycles. The lowest BCUT2D eigenvalue weighted by molar-refractivity contribution is -0.121. The summed E-state index contributed by atoms with van der Waals surface area (Å²) < 4.78 is 5.55. The molecule has 0 radical (unpaired) electrons. The molecule has 1 saturated heterocycles. The first kappa shape index (κ1) is 15.6. The lowest BCUT2D eigenvalue weighted by Gasteiger charge is -2.24. The van der Waals surface area contributed by atoms with E-state index in [1.807, 2.05) is 24.3 Å². The van der Waals surface area contributed by atoms with Gasteiger partial charge in [0.25, 0.3) is 5.22 Å². The highest BCUT2D eigenvalue weighted by molar-refractivity contribution is 7.98. The Morgan fingerprint density at radius 1 is 1.24 bits per heavy atom. The zero-order chi connectivity index (χ0) is 17.2. The van der Waals surface area contributed by atoms with E-state index in [1.165, 1.54) is 16.7 Å². The van der Waals surface area contributed by atoms with Crippen LogP contribution in [0.3, 0.4) is 0 Å². The Hall–Kier alpha value is -2.88. The third kappa shape index (κ3) is 3.48. The number of rotatable bonds is 5. The molecule has 0 unspecified atom stereocenters. The van der Waals surface area contributed by atoms with Gasteiger partial charge in [0.15, 0.2) is 0 Å². The fraction of sp³-hybridized carbons (Fsp3) is 0.267. The maximum absolute atomic E-state index is 11.7. The van der Waals surface area contributed by atoms with Crippen LogP contribution in [0.25, 0.3) is 11.0 Å². The van der Waals surface area contributed by atoms with Gasteiger partial charge in [-0.05, 0) is 12.1 Å². The smallest absolute Gasteiger partial charge is 0.324 e. The molecule has 0 saturated carbocycles. The second-order valence-corrected chi connectivity index (χ2v) is 6.40. The van der Waals surface area contributed by atoms with Crippen molar-refractivity contribution in [3.63, 3.8) is 0 Å². The van der Waals surface area contributed by atoms with Crippen molar-refractivity contribution >= 4 is 34.7 Å². The number of imidazole rings is 1. The van der Waals surface area contributed by atoms with Crippen molar-refractivity contribution < 1.29 is 14.0 Å². The van der Waals surface area contributed by atoms with Gasteiger partial charge in [-0.3, -0.25) is 10.1 Å². The maximum atomic E-state index is 11.7. The molecule has 0 bridgehead atoms. The Morgan fingerprint density at radius 2 is 2.12 bits per heavy atom. The standard InChI is InChI=1S/C15H14N6O3S/c22-12-5-6-21(14(23)18-12)7-13-19-20-15(24-13)25-8-11-16-9-3-1-2-4-10(9)17-11/h1-4H,5-8H2,(H,16,17)(H,18,22,23). The molecule has 1 aromatic carbocycles. The van der Waals surface area contributed by atoms with Gasteiger partial charge in [-0.25, -0.2) is 9.78 Å². The van der Waals surface area contributed by atoms with Gasteiger partial charge < -0.3 is 14.3 Å². The van der Waals surface area contributed by atoms with E-state index < -0.39 is 6.03 Å². The average molecular weight is 358 g/mol. The molecule has 0 spiro atoms. The maximum Gasteiger partial charge on any atom is 0.324 e. The van der Waals surface area contributed by atoms with E-state index >= 15 is 0 Å². The number of benzene rings is 1. The number of fused-ring (bicyclic) bond motifs is 1. The molecule has 1 aliphatic heterocycles. The zero-order valence-corrected chi connectivity index (χ0v) is 13.9. The largest absolute Gasteiger partial charge is 0.414 e. The molecular weight excluding hydrogens is 344 g/mol. The SMILES string of the molecule is O=C1CCN(Cc2nnc(SCc3nc4ccccc4[nH]3)o2)C(=O)N1. The van der Waals surface area contributed by atoms with Gasteiger partial charge in [0, 0.05) is 13.0 Å². The highest BCUT2D eigenvalue weighted by atomic mass is 32.2. The summed E-state index contributed by atoms with van der Waals surface area (Å²) in [6.07, 6.45) is 0.271. The van der Waals surface area contributed by atoms with Crippen molar-refractivity contribution in [2.45, 2.75) is 23.9 Å². The molecule has 9 nitrogen and oxygen atoms in total. The van der Waals surface area contributed by atoms with Crippen LogP contribution in [-0.2, 0) is 17.1 Å². The minimum atomic E-state index is -0.439. The van der Waals surface area contributed by atoms with E-state index in [0.29, 0.717) is 23.4 Å². The van der Waals surface area contributed by atoms with Gasteiger partial charge in [0.05, 0.1) is 16.8 Å². The third-order valence-electron chi connectivity index (χ3n) is 3.69. The number of aromatic amines is 1. The van der Waals surface area contributed by atoms with Crippen LogP contribution in [0.15, 0.2) is 33.9 Å². The molecule has 1 fully saturated rings. The number of urea groups is 1. The first-order chi connectivity index (χ1) is 12.2. The van der Waals surface area contributed by atoms with Gasteiger partial charge in [-0.1, -0.05) is 23.9 Å². The normalized spacial score (nSPS) is 15.0. The van der Waals surface area contributed by atoms with E-state index in [9.17, 15) is 9.59 Å². The first-order valence-corrected chi connectivity index (χ1v) is 8.63. The minimum Gasteiger partial charge on any atom is -0.414 e. The Kier molecular flexibility index (Phi) is 4.10. The molecule has 25 heavy (non-hydrogen) atoms. The average Bonchev–Trinajstić information content (AvgIpc) is 3.21. The van der Waals surface area contributed by atoms with Crippen molar-refractivity contribution in [2.75, 3.05) is 6.54 Å². The van der Waals surface area contributed by atoms with Crippen molar-refractivity contribution in [2.24, 2.45) is 0 Å². The van der Waals surface area contributed by atoms with Crippen LogP contribution in [0.1, 0.15) is 18.1 Å². The number of imide groups is 1. The number of hydrogen-bond donors (Lipinski definition) is 2. The number of carbonyl (C=O) groups is 2. The van der Waals surface area contributed by atoms with Crippen LogP contribution < -0.4 is 5.32 Å². The number of hydrogen-bond acceptors (Lipinski definition) is 7. The van der Waals surface area contributed by atoms with E-state index in [0.717, 1.165) is 16.9 Å². The summed E-state index contributed by atoms with van der Waals surface area (Å²) in [6.45, 7) is 0.520. The summed E-state index contributed by atoms with van der Waals surface area (Å²) >= 11 is 1.37. The number of amides is 3. The van der Waals surface area contributed by atoms with Gasteiger partial charge in [0.1, 0.15) is 12.4 Å². The second kappa shape index (κ2) is 6.55. The molecule has 0 atom stereocenters. The Balaban J connectivity index is 1.36. The molecule has 2 N–H and O–H groups in total. The Labute approximate surface area is 146 Å². The van der Waals surface area contributed by atoms with Gasteiger partial charge in [0.2, 0.25) is 11.8 Å². The quantitative estimate of drug-likeness (QED) is 0.666. The number of para-hydroxylation sites is 2. The van der Waals surface area contributed by atoms with Crippen LogP contribution in [0.4, 0.5) is 4.79 Å². The molecule has 3 amide bonds. The van der Waals surface area contributed by atoms with E-state index in [2.05, 4.69) is 25.5 Å². The number of H-pyrrole nitrogens is 1. The highest BCUT2D eigenvalue weighted by Gasteiger charge is 2.24. The van der Waals surface area contributed by atoms with E-state index in [4.69, 9.17) is 4.42 Å². The predicted molar refractivity (Wildman–Crippen MR) is 88.5 cm³/mol. The minimum absolute atomic E-state index is 0.178. The van der Waals surface area contributed by atoms with E-state index in [-0.39, 0.29) is 18.9 Å². The number of thioether (sulfide) groups is 1. The second-order valence-electron chi connectivity index (χ2n) is 5.48. The molecule has 0 aliphatic carbocycles. The molecule has 3 heterocycles. The zero-order valence-electron chi connectivity index (χ0n) is 13.1. The number of carbonyl (C=O) groups excluding carboxylic acids is 2. The molecule has 128 valence electrons. The lowest BCUT2D eigenvalue weighted by Crippen LogP contribution is -2.48. The third-order valence-corrected chi connectivity index (χ3v) is 4.52. The topological polar surface area (TPSA) is 117 Å². The van der Waals surface area contributed by atoms with Gasteiger partial charge in [-0.2, -0.15) is 0 Å². The van der Waals surface area contributed by atoms with Gasteiger partial charge >= 0.3 is 6.03 Å². The van der Waals surface area contributed by atoms with Crippen LogP contribution in [0.5, 0.6) is 0 Å². The molecule has 10 heteroatoms. The van der Waals surface area contributed by atoms with Crippen LogP contribution >= 0.6 is 11.8 Å².